The van der Waals surface area contributed by atoms with Crippen molar-refractivity contribution < 1.29 is 23.8 Å². The molecule has 1 atom stereocenters. The van der Waals surface area contributed by atoms with E-state index in [0.717, 1.165) is 51.4 Å². The molecular weight excluding hydrogens is 344 g/mol. The summed E-state index contributed by atoms with van der Waals surface area (Å²) in [5.41, 5.74) is -0.620. The van der Waals surface area contributed by atoms with Crippen LogP contribution < -0.4 is 0 Å². The number of unbranched alkanes of at least 4 members (excludes halogenated alkanes) is 7. The zero-order valence-electron chi connectivity index (χ0n) is 17.5. The van der Waals surface area contributed by atoms with Crippen molar-refractivity contribution >= 4 is 11.9 Å². The summed E-state index contributed by atoms with van der Waals surface area (Å²) < 4.78 is 16.2. The summed E-state index contributed by atoms with van der Waals surface area (Å²) in [5, 5.41) is 0. The highest BCUT2D eigenvalue weighted by Crippen LogP contribution is 2.36. The van der Waals surface area contributed by atoms with E-state index in [1.165, 1.54) is 18.9 Å². The van der Waals surface area contributed by atoms with Crippen LogP contribution in [0.25, 0.3) is 0 Å². The highest BCUT2D eigenvalue weighted by molar-refractivity contribution is 5.81. The highest BCUT2D eigenvalue weighted by atomic mass is 16.5. The van der Waals surface area contributed by atoms with E-state index in [-0.39, 0.29) is 17.5 Å². The summed E-state index contributed by atoms with van der Waals surface area (Å²) in [7, 11) is 0. The molecule has 27 heavy (non-hydrogen) atoms. The van der Waals surface area contributed by atoms with Crippen LogP contribution in [0.2, 0.25) is 0 Å². The van der Waals surface area contributed by atoms with Gasteiger partial charge in [0.2, 0.25) is 0 Å². The summed E-state index contributed by atoms with van der Waals surface area (Å²) in [6.07, 6.45) is 11.6. The molecule has 5 nitrogen and oxygen atoms in total. The maximum absolute atomic E-state index is 12.3. The van der Waals surface area contributed by atoms with Gasteiger partial charge in [0.15, 0.2) is 0 Å². The third kappa shape index (κ3) is 9.94. The number of ether oxygens (including phenoxy) is 3. The molecule has 1 fully saturated rings. The first-order chi connectivity index (χ1) is 12.8. The van der Waals surface area contributed by atoms with E-state index in [1.54, 1.807) is 0 Å². The van der Waals surface area contributed by atoms with Gasteiger partial charge in [0.25, 0.3) is 0 Å². The number of carbonyl (C=O) groups is 2. The Labute approximate surface area is 164 Å². The maximum Gasteiger partial charge on any atom is 0.330 e. The first-order valence-electron chi connectivity index (χ1n) is 10.4. The zero-order chi connectivity index (χ0) is 20.2. The number of hydrogen-bond acceptors (Lipinski definition) is 5. The molecule has 156 valence electrons. The SMILES string of the molecule is C=CC(=O)OCCCCCCCCCCOC(=O)C1(C)CCC(C)(C)OC1. The molecule has 1 aliphatic rings. The molecule has 1 aliphatic heterocycles. The average molecular weight is 383 g/mol. The largest absolute Gasteiger partial charge is 0.465 e. The lowest BCUT2D eigenvalue weighted by atomic mass is 9.80. The number of rotatable bonds is 13. The second kappa shape index (κ2) is 12.2. The summed E-state index contributed by atoms with van der Waals surface area (Å²) in [4.78, 5) is 23.2. The fourth-order valence-electron chi connectivity index (χ4n) is 3.07. The van der Waals surface area contributed by atoms with Crippen LogP contribution in [0.3, 0.4) is 0 Å². The van der Waals surface area contributed by atoms with Crippen molar-refractivity contribution in [3.05, 3.63) is 12.7 Å². The first-order valence-corrected chi connectivity index (χ1v) is 10.4. The van der Waals surface area contributed by atoms with Gasteiger partial charge in [0.05, 0.1) is 30.8 Å². The summed E-state index contributed by atoms with van der Waals surface area (Å²) >= 11 is 0. The Bertz CT molecular complexity index is 459. The monoisotopic (exact) mass is 382 g/mol. The molecular formula is C22H38O5. The third-order valence-electron chi connectivity index (χ3n) is 5.24. The molecule has 1 saturated heterocycles. The lowest BCUT2D eigenvalue weighted by Gasteiger charge is -2.39. The second-order valence-electron chi connectivity index (χ2n) is 8.44. The van der Waals surface area contributed by atoms with Gasteiger partial charge in [0.1, 0.15) is 0 Å². The molecule has 5 heteroatoms. The Morgan fingerprint density at radius 3 is 1.89 bits per heavy atom. The van der Waals surface area contributed by atoms with Gasteiger partial charge in [-0.3, -0.25) is 4.79 Å². The molecule has 0 aromatic carbocycles. The van der Waals surface area contributed by atoms with E-state index in [0.29, 0.717) is 19.8 Å². The molecule has 0 aliphatic carbocycles. The molecule has 0 aromatic rings. The van der Waals surface area contributed by atoms with Crippen molar-refractivity contribution in [1.82, 2.24) is 0 Å². The van der Waals surface area contributed by atoms with Gasteiger partial charge >= 0.3 is 11.9 Å². The quantitative estimate of drug-likeness (QED) is 0.255. The minimum Gasteiger partial charge on any atom is -0.465 e. The molecule has 1 rings (SSSR count). The van der Waals surface area contributed by atoms with Crippen LogP contribution in [0.15, 0.2) is 12.7 Å². The van der Waals surface area contributed by atoms with E-state index >= 15 is 0 Å². The van der Waals surface area contributed by atoms with Crippen molar-refractivity contribution in [1.29, 1.82) is 0 Å². The summed E-state index contributed by atoms with van der Waals surface area (Å²) in [6, 6.07) is 0. The van der Waals surface area contributed by atoms with E-state index in [9.17, 15) is 9.59 Å². The number of carbonyl (C=O) groups excluding carboxylic acids is 2. The number of esters is 2. The Balaban J connectivity index is 1.93. The van der Waals surface area contributed by atoms with Crippen LogP contribution in [0, 0.1) is 5.41 Å². The van der Waals surface area contributed by atoms with Gasteiger partial charge < -0.3 is 14.2 Å². The Kier molecular flexibility index (Phi) is 10.7. The molecule has 1 heterocycles. The van der Waals surface area contributed by atoms with Crippen LogP contribution in [-0.2, 0) is 23.8 Å². The van der Waals surface area contributed by atoms with Crippen molar-refractivity contribution in [3.8, 4) is 0 Å². The lowest BCUT2D eigenvalue weighted by Crippen LogP contribution is -2.44. The Hall–Kier alpha value is -1.36. The fraction of sp³-hybridized carbons (Fsp3) is 0.818. The fourth-order valence-corrected chi connectivity index (χ4v) is 3.07. The van der Waals surface area contributed by atoms with Crippen LogP contribution >= 0.6 is 0 Å². The third-order valence-corrected chi connectivity index (χ3v) is 5.24. The van der Waals surface area contributed by atoms with Crippen LogP contribution in [0.4, 0.5) is 0 Å². The molecule has 0 N–H and O–H groups in total. The lowest BCUT2D eigenvalue weighted by molar-refractivity contribution is -0.173. The molecule has 0 amide bonds. The normalized spacial score (nSPS) is 21.4. The van der Waals surface area contributed by atoms with E-state index in [2.05, 4.69) is 20.4 Å². The predicted molar refractivity (Wildman–Crippen MR) is 106 cm³/mol. The predicted octanol–water partition coefficient (Wildman–Crippen LogP) is 4.97. The van der Waals surface area contributed by atoms with Crippen molar-refractivity contribution in [3.63, 3.8) is 0 Å². The van der Waals surface area contributed by atoms with E-state index in [1.807, 2.05) is 6.92 Å². The minimum absolute atomic E-state index is 0.116. The minimum atomic E-state index is -0.491. The maximum atomic E-state index is 12.3. The summed E-state index contributed by atoms with van der Waals surface area (Å²) in [6.45, 7) is 10.9. The summed E-state index contributed by atoms with van der Waals surface area (Å²) in [5.74, 6) is -0.459. The Morgan fingerprint density at radius 1 is 0.889 bits per heavy atom. The smallest absolute Gasteiger partial charge is 0.330 e. The van der Waals surface area contributed by atoms with Crippen LogP contribution in [-0.4, -0.2) is 37.4 Å². The zero-order valence-corrected chi connectivity index (χ0v) is 17.5. The average Bonchev–Trinajstić information content (AvgIpc) is 2.64. The van der Waals surface area contributed by atoms with E-state index < -0.39 is 5.41 Å². The highest BCUT2D eigenvalue weighted by Gasteiger charge is 2.42. The van der Waals surface area contributed by atoms with Gasteiger partial charge in [-0.25, -0.2) is 4.79 Å². The van der Waals surface area contributed by atoms with Gasteiger partial charge in [-0.15, -0.1) is 0 Å². The van der Waals surface area contributed by atoms with Crippen LogP contribution in [0.5, 0.6) is 0 Å². The van der Waals surface area contributed by atoms with Gasteiger partial charge in [-0.1, -0.05) is 45.1 Å². The standard InChI is InChI=1S/C22H38O5/c1-5-19(23)25-16-12-10-8-6-7-9-11-13-17-26-20(24)22(4)15-14-21(2,3)27-18-22/h5H,1,6-18H2,2-4H3. The van der Waals surface area contributed by atoms with Gasteiger partial charge in [-0.05, 0) is 46.5 Å². The van der Waals surface area contributed by atoms with Crippen molar-refractivity contribution in [2.24, 2.45) is 5.41 Å². The molecule has 1 unspecified atom stereocenters. The Morgan fingerprint density at radius 2 is 1.41 bits per heavy atom. The first kappa shape index (κ1) is 23.7. The molecule has 0 saturated carbocycles. The van der Waals surface area contributed by atoms with Crippen LogP contribution in [0.1, 0.15) is 85.0 Å². The van der Waals surface area contributed by atoms with E-state index in [4.69, 9.17) is 14.2 Å². The van der Waals surface area contributed by atoms with Gasteiger partial charge in [0, 0.05) is 6.08 Å². The molecule has 0 bridgehead atoms. The number of hydrogen-bond donors (Lipinski definition) is 0. The molecule has 0 spiro atoms. The molecule has 0 aromatic heterocycles. The van der Waals surface area contributed by atoms with Crippen molar-refractivity contribution in [2.45, 2.75) is 90.6 Å². The second-order valence-corrected chi connectivity index (χ2v) is 8.44. The van der Waals surface area contributed by atoms with Gasteiger partial charge in [-0.2, -0.15) is 0 Å². The molecule has 0 radical (unpaired) electrons. The van der Waals surface area contributed by atoms with Crippen molar-refractivity contribution in [2.75, 3.05) is 19.8 Å². The topological polar surface area (TPSA) is 61.8 Å².